The molecule has 0 spiro atoms. The molecule has 0 aliphatic heterocycles. The predicted octanol–water partition coefficient (Wildman–Crippen LogP) is 4.14. The maximum Gasteiger partial charge on any atom is 0.337 e. The van der Waals surface area contributed by atoms with Crippen molar-refractivity contribution < 1.29 is 9.47 Å². The minimum atomic E-state index is -0.104. The van der Waals surface area contributed by atoms with Crippen LogP contribution in [0.5, 0.6) is 11.5 Å². The lowest BCUT2D eigenvalue weighted by Gasteiger charge is -2.23. The summed E-state index contributed by atoms with van der Waals surface area (Å²) in [5, 5.41) is 0. The van der Waals surface area contributed by atoms with Crippen molar-refractivity contribution in [2.24, 2.45) is 11.8 Å². The van der Waals surface area contributed by atoms with Crippen LogP contribution >= 0.6 is 0 Å². The van der Waals surface area contributed by atoms with E-state index in [0.717, 1.165) is 41.3 Å². The lowest BCUT2D eigenvalue weighted by molar-refractivity contribution is 0.138. The van der Waals surface area contributed by atoms with Gasteiger partial charge >= 0.3 is 5.69 Å². The van der Waals surface area contributed by atoms with Gasteiger partial charge in [0, 0.05) is 18.9 Å². The minimum Gasteiger partial charge on any atom is -0.492 e. The summed E-state index contributed by atoms with van der Waals surface area (Å²) in [6.07, 6.45) is 9.15. The van der Waals surface area contributed by atoms with Crippen LogP contribution in [0.1, 0.15) is 25.7 Å². The molecule has 168 valence electrons. The maximum absolute atomic E-state index is 13.0. The Bertz CT molecular complexity index is 1100. The fourth-order valence-corrected chi connectivity index (χ4v) is 5.01. The van der Waals surface area contributed by atoms with Crippen molar-refractivity contribution in [3.8, 4) is 22.9 Å². The number of hydrogen-bond donors (Lipinski definition) is 0. The summed E-state index contributed by atoms with van der Waals surface area (Å²) in [4.78, 5) is 15.1. The molecule has 0 amide bonds. The van der Waals surface area contributed by atoms with Crippen molar-refractivity contribution in [2.45, 2.75) is 31.8 Å². The molecule has 2 fully saturated rings. The topological polar surface area (TPSA) is 48.6 Å². The van der Waals surface area contributed by atoms with E-state index in [1.54, 1.807) is 21.5 Å². The molecule has 2 aliphatic carbocycles. The molecule has 1 aromatic heterocycles. The largest absolute Gasteiger partial charge is 0.492 e. The van der Waals surface area contributed by atoms with Gasteiger partial charge in [0.2, 0.25) is 0 Å². The number of ether oxygens (including phenoxy) is 2. The quantitative estimate of drug-likeness (QED) is 0.536. The van der Waals surface area contributed by atoms with E-state index >= 15 is 0 Å². The lowest BCUT2D eigenvalue weighted by atomic mass is 9.98. The Balaban J connectivity index is 1.26. The summed E-state index contributed by atoms with van der Waals surface area (Å²) in [6, 6.07) is 15.5. The molecule has 0 N–H and O–H groups in total. The van der Waals surface area contributed by atoms with E-state index in [-0.39, 0.29) is 5.69 Å². The zero-order valence-corrected chi connectivity index (χ0v) is 18.8. The summed E-state index contributed by atoms with van der Waals surface area (Å²) in [6.45, 7) is 1.49. The van der Waals surface area contributed by atoms with E-state index in [1.807, 2.05) is 62.6 Å². The summed E-state index contributed by atoms with van der Waals surface area (Å²) in [7, 11) is 4.03. The van der Waals surface area contributed by atoms with Crippen LogP contribution in [0.25, 0.3) is 11.4 Å². The van der Waals surface area contributed by atoms with Crippen LogP contribution in [-0.2, 0) is 0 Å². The average Bonchev–Trinajstić information content (AvgIpc) is 3.51. The summed E-state index contributed by atoms with van der Waals surface area (Å²) in [5.74, 6) is 3.28. The first-order valence-electron chi connectivity index (χ1n) is 11.5. The highest BCUT2D eigenvalue weighted by atomic mass is 16.5. The van der Waals surface area contributed by atoms with E-state index < -0.39 is 0 Å². The van der Waals surface area contributed by atoms with Crippen LogP contribution in [0, 0.1) is 11.8 Å². The standard InChI is InChI=1S/C26H31N3O3/c1-27(2)15-16-31-23-9-5-21(6-10-23)28-13-14-29(26(28)30)22-7-11-24(12-8-22)32-25-18-19-3-4-20(25)17-19/h5-14,19-20,25H,3-4,15-18H2,1-2H3/t19-,20+,25?/m0/s1. The van der Waals surface area contributed by atoms with Gasteiger partial charge < -0.3 is 14.4 Å². The van der Waals surface area contributed by atoms with E-state index in [4.69, 9.17) is 9.47 Å². The lowest BCUT2D eigenvalue weighted by Crippen LogP contribution is -2.23. The second kappa shape index (κ2) is 8.87. The van der Waals surface area contributed by atoms with Gasteiger partial charge in [0.25, 0.3) is 0 Å². The molecule has 3 atom stereocenters. The molecule has 0 saturated heterocycles. The van der Waals surface area contributed by atoms with Gasteiger partial charge in [-0.05, 0) is 100 Å². The molecule has 5 rings (SSSR count). The van der Waals surface area contributed by atoms with E-state index in [0.29, 0.717) is 12.7 Å². The van der Waals surface area contributed by atoms with Gasteiger partial charge in [-0.2, -0.15) is 0 Å². The summed E-state index contributed by atoms with van der Waals surface area (Å²) < 4.78 is 15.3. The Morgan fingerprint density at radius 1 is 0.875 bits per heavy atom. The first-order chi connectivity index (χ1) is 15.6. The van der Waals surface area contributed by atoms with Gasteiger partial charge in [-0.1, -0.05) is 0 Å². The number of rotatable bonds is 8. The monoisotopic (exact) mass is 433 g/mol. The highest BCUT2D eigenvalue weighted by Gasteiger charge is 2.40. The zero-order valence-electron chi connectivity index (χ0n) is 18.8. The number of aromatic nitrogens is 2. The average molecular weight is 434 g/mol. The Hall–Kier alpha value is -2.99. The van der Waals surface area contributed by atoms with Crippen LogP contribution in [0.3, 0.4) is 0 Å². The fourth-order valence-electron chi connectivity index (χ4n) is 5.01. The smallest absolute Gasteiger partial charge is 0.337 e. The predicted molar refractivity (Wildman–Crippen MR) is 125 cm³/mol. The molecule has 0 radical (unpaired) electrons. The Kier molecular flexibility index (Phi) is 5.79. The molecule has 3 aromatic rings. The van der Waals surface area contributed by atoms with Gasteiger partial charge in [-0.15, -0.1) is 0 Å². The van der Waals surface area contributed by atoms with E-state index in [2.05, 4.69) is 4.90 Å². The molecule has 6 heteroatoms. The molecule has 1 heterocycles. The SMILES string of the molecule is CN(C)CCOc1ccc(-n2ccn(-c3ccc(OC4C[C@H]5CC[C@@H]4C5)cc3)c2=O)cc1. The van der Waals surface area contributed by atoms with Crippen molar-refractivity contribution in [3.63, 3.8) is 0 Å². The molecule has 32 heavy (non-hydrogen) atoms. The van der Waals surface area contributed by atoms with Crippen molar-refractivity contribution >= 4 is 0 Å². The van der Waals surface area contributed by atoms with Crippen molar-refractivity contribution in [2.75, 3.05) is 27.2 Å². The maximum atomic E-state index is 13.0. The number of hydrogen-bond acceptors (Lipinski definition) is 4. The molecule has 2 aromatic carbocycles. The summed E-state index contributed by atoms with van der Waals surface area (Å²) >= 11 is 0. The Labute approximate surface area is 189 Å². The van der Waals surface area contributed by atoms with Crippen molar-refractivity contribution in [1.29, 1.82) is 0 Å². The minimum absolute atomic E-state index is 0.104. The second-order valence-corrected chi connectivity index (χ2v) is 9.29. The van der Waals surface area contributed by atoms with E-state index in [1.165, 1.54) is 25.7 Å². The van der Waals surface area contributed by atoms with Gasteiger partial charge in [-0.3, -0.25) is 9.13 Å². The van der Waals surface area contributed by atoms with Gasteiger partial charge in [0.05, 0.1) is 11.4 Å². The summed E-state index contributed by atoms with van der Waals surface area (Å²) in [5.41, 5.74) is 1.54. The van der Waals surface area contributed by atoms with Crippen molar-refractivity contribution in [3.05, 3.63) is 71.4 Å². The number of benzene rings is 2. The van der Waals surface area contributed by atoms with Crippen LogP contribution in [0.2, 0.25) is 0 Å². The molecular formula is C26H31N3O3. The third-order valence-corrected chi connectivity index (χ3v) is 6.77. The highest BCUT2D eigenvalue weighted by molar-refractivity contribution is 5.40. The first kappa shape index (κ1) is 20.9. The molecule has 2 saturated carbocycles. The molecule has 6 nitrogen and oxygen atoms in total. The number of likely N-dealkylation sites (N-methyl/N-ethyl adjacent to an activating group) is 1. The van der Waals surface area contributed by atoms with E-state index in [9.17, 15) is 4.79 Å². The molecule has 2 bridgehead atoms. The molecular weight excluding hydrogens is 402 g/mol. The van der Waals surface area contributed by atoms with Gasteiger partial charge in [0.1, 0.15) is 24.2 Å². The Morgan fingerprint density at radius 2 is 1.50 bits per heavy atom. The fraction of sp³-hybridized carbons (Fsp3) is 0.423. The first-order valence-corrected chi connectivity index (χ1v) is 11.5. The third kappa shape index (κ3) is 4.32. The third-order valence-electron chi connectivity index (χ3n) is 6.77. The van der Waals surface area contributed by atoms with Crippen LogP contribution in [0.15, 0.2) is 65.7 Å². The van der Waals surface area contributed by atoms with Crippen LogP contribution in [0.4, 0.5) is 0 Å². The molecule has 2 aliphatic rings. The molecule has 1 unspecified atom stereocenters. The van der Waals surface area contributed by atoms with Gasteiger partial charge in [0.15, 0.2) is 0 Å². The Morgan fingerprint density at radius 3 is 2.03 bits per heavy atom. The number of imidazole rings is 1. The second-order valence-electron chi connectivity index (χ2n) is 9.29. The normalized spacial score (nSPS) is 21.9. The van der Waals surface area contributed by atoms with Crippen LogP contribution < -0.4 is 15.2 Å². The van der Waals surface area contributed by atoms with Gasteiger partial charge in [-0.25, -0.2) is 4.79 Å². The van der Waals surface area contributed by atoms with Crippen LogP contribution in [-0.4, -0.2) is 47.4 Å². The number of nitrogens with zero attached hydrogens (tertiary/aromatic N) is 3. The highest BCUT2D eigenvalue weighted by Crippen LogP contribution is 2.46. The number of fused-ring (bicyclic) bond motifs is 2. The van der Waals surface area contributed by atoms with Crippen molar-refractivity contribution in [1.82, 2.24) is 14.0 Å². The zero-order chi connectivity index (χ0) is 22.1.